The Morgan fingerprint density at radius 1 is 0.867 bits per heavy atom. The zero-order chi connectivity index (χ0) is 21.3. The molecule has 3 rings (SSSR count). The summed E-state index contributed by atoms with van der Waals surface area (Å²) >= 11 is 0. The van der Waals surface area contributed by atoms with E-state index in [1.165, 1.54) is 24.3 Å². The van der Waals surface area contributed by atoms with Crippen molar-refractivity contribution in [2.45, 2.75) is 25.5 Å². The lowest BCUT2D eigenvalue weighted by atomic mass is 10.0. The lowest BCUT2D eigenvalue weighted by Gasteiger charge is -2.15. The van der Waals surface area contributed by atoms with Crippen LogP contribution in [-0.2, 0) is 29.0 Å². The normalized spacial score (nSPS) is 11.5. The number of carboxylic acids is 1. The van der Waals surface area contributed by atoms with Crippen LogP contribution in [0.15, 0.2) is 78.9 Å². The molecule has 0 saturated carbocycles. The summed E-state index contributed by atoms with van der Waals surface area (Å²) in [7, 11) is 0. The maximum atomic E-state index is 13.0. The predicted octanol–water partition coefficient (Wildman–Crippen LogP) is 3.76. The summed E-state index contributed by atoms with van der Waals surface area (Å²) in [5, 5.41) is 12.0. The van der Waals surface area contributed by atoms with Gasteiger partial charge in [0.15, 0.2) is 0 Å². The number of benzene rings is 3. The molecule has 0 aliphatic rings. The Morgan fingerprint density at radius 3 is 2.13 bits per heavy atom. The summed E-state index contributed by atoms with van der Waals surface area (Å²) in [4.78, 5) is 23.8. The van der Waals surface area contributed by atoms with E-state index < -0.39 is 23.7 Å². The van der Waals surface area contributed by atoms with Crippen LogP contribution < -0.4 is 10.1 Å². The minimum atomic E-state index is -1.12. The number of rotatable bonds is 9. The third-order valence-electron chi connectivity index (χ3n) is 4.52. The van der Waals surface area contributed by atoms with E-state index >= 15 is 0 Å². The van der Waals surface area contributed by atoms with Gasteiger partial charge < -0.3 is 15.2 Å². The molecule has 3 aromatic rings. The number of carbonyl (C=O) groups is 2. The van der Waals surface area contributed by atoms with Gasteiger partial charge in [-0.15, -0.1) is 0 Å². The van der Waals surface area contributed by atoms with Gasteiger partial charge in [0.05, 0.1) is 6.42 Å². The number of hydrogen-bond acceptors (Lipinski definition) is 3. The molecular weight excluding hydrogens is 385 g/mol. The van der Waals surface area contributed by atoms with E-state index in [0.29, 0.717) is 17.9 Å². The summed E-state index contributed by atoms with van der Waals surface area (Å²) in [5.41, 5.74) is 2.42. The van der Waals surface area contributed by atoms with Gasteiger partial charge in [-0.3, -0.25) is 4.79 Å². The predicted molar refractivity (Wildman–Crippen MR) is 111 cm³/mol. The highest BCUT2D eigenvalue weighted by Gasteiger charge is 2.20. The molecule has 30 heavy (non-hydrogen) atoms. The van der Waals surface area contributed by atoms with Gasteiger partial charge in [0.2, 0.25) is 5.91 Å². The number of carbonyl (C=O) groups excluding carboxylic acids is 1. The maximum absolute atomic E-state index is 13.0. The molecule has 0 saturated heterocycles. The molecule has 0 aliphatic carbocycles. The zero-order valence-corrected chi connectivity index (χ0v) is 16.3. The second-order valence-corrected chi connectivity index (χ2v) is 6.88. The van der Waals surface area contributed by atoms with Crippen molar-refractivity contribution < 1.29 is 23.8 Å². The fourth-order valence-corrected chi connectivity index (χ4v) is 2.93. The smallest absolute Gasteiger partial charge is 0.326 e. The standard InChI is InChI=1S/C24H22FNO4/c25-20-10-6-18(7-11-20)15-23(27)26-22(24(28)29)14-17-8-12-21(13-9-17)30-16-19-4-2-1-3-5-19/h1-13,22H,14-16H2,(H,26,27)(H,28,29)/t22-/m1/s1. The fraction of sp³-hybridized carbons (Fsp3) is 0.167. The van der Waals surface area contributed by atoms with Gasteiger partial charge in [-0.1, -0.05) is 54.6 Å². The quantitative estimate of drug-likeness (QED) is 0.566. The average molecular weight is 407 g/mol. The minimum absolute atomic E-state index is 0.0175. The van der Waals surface area contributed by atoms with Crippen molar-refractivity contribution in [3.8, 4) is 5.75 Å². The van der Waals surface area contributed by atoms with Crippen molar-refractivity contribution in [1.82, 2.24) is 5.32 Å². The first-order valence-corrected chi connectivity index (χ1v) is 9.52. The van der Waals surface area contributed by atoms with Gasteiger partial charge in [-0.2, -0.15) is 0 Å². The number of ether oxygens (including phenoxy) is 1. The SMILES string of the molecule is O=C(Cc1ccc(F)cc1)N[C@H](Cc1ccc(OCc2ccccc2)cc1)C(=O)O. The molecule has 6 heteroatoms. The van der Waals surface area contributed by atoms with Crippen molar-refractivity contribution >= 4 is 11.9 Å². The fourth-order valence-electron chi connectivity index (χ4n) is 2.93. The van der Waals surface area contributed by atoms with Crippen LogP contribution in [0.3, 0.4) is 0 Å². The number of hydrogen-bond donors (Lipinski definition) is 2. The van der Waals surface area contributed by atoms with E-state index in [1.54, 1.807) is 24.3 Å². The van der Waals surface area contributed by atoms with E-state index in [-0.39, 0.29) is 12.8 Å². The van der Waals surface area contributed by atoms with Gasteiger partial charge in [0.1, 0.15) is 24.2 Å². The van der Waals surface area contributed by atoms with Crippen LogP contribution in [0.5, 0.6) is 5.75 Å². The molecule has 0 aliphatic heterocycles. The number of carboxylic acid groups (broad SMARTS) is 1. The molecule has 3 aromatic carbocycles. The molecule has 0 heterocycles. The highest BCUT2D eigenvalue weighted by Crippen LogP contribution is 2.15. The first-order chi connectivity index (χ1) is 14.5. The Kier molecular flexibility index (Phi) is 7.16. The highest BCUT2D eigenvalue weighted by molar-refractivity contribution is 5.85. The molecule has 5 nitrogen and oxygen atoms in total. The minimum Gasteiger partial charge on any atom is -0.489 e. The van der Waals surface area contributed by atoms with E-state index in [4.69, 9.17) is 4.74 Å². The van der Waals surface area contributed by atoms with Crippen molar-refractivity contribution in [2.24, 2.45) is 0 Å². The van der Waals surface area contributed by atoms with Crippen LogP contribution in [-0.4, -0.2) is 23.0 Å². The first-order valence-electron chi connectivity index (χ1n) is 9.52. The van der Waals surface area contributed by atoms with Gasteiger partial charge >= 0.3 is 5.97 Å². The topological polar surface area (TPSA) is 75.6 Å². The average Bonchev–Trinajstić information content (AvgIpc) is 2.75. The van der Waals surface area contributed by atoms with Crippen molar-refractivity contribution in [1.29, 1.82) is 0 Å². The van der Waals surface area contributed by atoms with Crippen LogP contribution in [0, 0.1) is 5.82 Å². The van der Waals surface area contributed by atoms with Crippen molar-refractivity contribution in [3.63, 3.8) is 0 Å². The zero-order valence-electron chi connectivity index (χ0n) is 16.3. The number of halogens is 1. The molecule has 0 aromatic heterocycles. The maximum Gasteiger partial charge on any atom is 0.326 e. The summed E-state index contributed by atoms with van der Waals surface area (Å²) in [6.07, 6.45) is 0.125. The Bertz CT molecular complexity index is 972. The lowest BCUT2D eigenvalue weighted by molar-refractivity contribution is -0.141. The largest absolute Gasteiger partial charge is 0.489 e. The molecule has 0 radical (unpaired) electrons. The van der Waals surface area contributed by atoms with Crippen LogP contribution in [0.2, 0.25) is 0 Å². The summed E-state index contributed by atoms with van der Waals surface area (Å²) in [6.45, 7) is 0.442. The molecule has 1 atom stereocenters. The second-order valence-electron chi connectivity index (χ2n) is 6.88. The van der Waals surface area contributed by atoms with Gasteiger partial charge in [0, 0.05) is 6.42 Å². The van der Waals surface area contributed by atoms with Crippen LogP contribution >= 0.6 is 0 Å². The van der Waals surface area contributed by atoms with Crippen LogP contribution in [0.1, 0.15) is 16.7 Å². The van der Waals surface area contributed by atoms with Crippen molar-refractivity contribution in [3.05, 3.63) is 101 Å². The highest BCUT2D eigenvalue weighted by atomic mass is 19.1. The Balaban J connectivity index is 1.54. The van der Waals surface area contributed by atoms with Crippen LogP contribution in [0.25, 0.3) is 0 Å². The van der Waals surface area contributed by atoms with E-state index in [9.17, 15) is 19.1 Å². The number of nitrogens with one attached hydrogen (secondary N) is 1. The molecule has 0 spiro atoms. The molecule has 0 fully saturated rings. The second kappa shape index (κ2) is 10.2. The molecule has 2 N–H and O–H groups in total. The Morgan fingerprint density at radius 2 is 1.50 bits per heavy atom. The number of amides is 1. The van der Waals surface area contributed by atoms with E-state index in [1.807, 2.05) is 30.3 Å². The summed E-state index contributed by atoms with van der Waals surface area (Å²) in [5.74, 6) is -1.27. The molecule has 154 valence electrons. The summed E-state index contributed by atoms with van der Waals surface area (Å²) < 4.78 is 18.7. The van der Waals surface area contributed by atoms with Gasteiger partial charge in [0.25, 0.3) is 0 Å². The first kappa shape index (κ1) is 21.0. The third kappa shape index (κ3) is 6.44. The van der Waals surface area contributed by atoms with E-state index in [0.717, 1.165) is 11.1 Å². The molecule has 1 amide bonds. The van der Waals surface area contributed by atoms with Gasteiger partial charge in [-0.05, 0) is 41.0 Å². The number of aliphatic carboxylic acids is 1. The molecular formula is C24H22FNO4. The van der Waals surface area contributed by atoms with Gasteiger partial charge in [-0.25, -0.2) is 9.18 Å². The Hall–Kier alpha value is -3.67. The third-order valence-corrected chi connectivity index (χ3v) is 4.52. The molecule has 0 bridgehead atoms. The summed E-state index contributed by atoms with van der Waals surface area (Å²) in [6, 6.07) is 21.3. The van der Waals surface area contributed by atoms with E-state index in [2.05, 4.69) is 5.32 Å². The van der Waals surface area contributed by atoms with Crippen LogP contribution in [0.4, 0.5) is 4.39 Å². The molecule has 0 unspecified atom stereocenters. The lowest BCUT2D eigenvalue weighted by Crippen LogP contribution is -2.43. The van der Waals surface area contributed by atoms with Crippen molar-refractivity contribution in [2.75, 3.05) is 0 Å². The Labute approximate surface area is 174 Å². The monoisotopic (exact) mass is 407 g/mol.